The Bertz CT molecular complexity index is 375. The Morgan fingerprint density at radius 2 is 2.13 bits per heavy atom. The van der Waals surface area contributed by atoms with Crippen molar-refractivity contribution < 1.29 is 0 Å². The summed E-state index contributed by atoms with van der Waals surface area (Å²) in [6.45, 7) is 6.38. The minimum atomic E-state index is 1.10. The van der Waals surface area contributed by atoms with Gasteiger partial charge in [-0.1, -0.05) is 49.3 Å². The van der Waals surface area contributed by atoms with Crippen molar-refractivity contribution in [3.63, 3.8) is 0 Å². The van der Waals surface area contributed by atoms with E-state index in [4.69, 9.17) is 0 Å². The molecule has 0 saturated carbocycles. The first-order chi connectivity index (χ1) is 7.19. The smallest absolute Gasteiger partial charge is 0.0112 e. The molecule has 0 aliphatic heterocycles. The molecule has 0 fully saturated rings. The highest BCUT2D eigenvalue weighted by atomic mass is 31.0. The van der Waals surface area contributed by atoms with Gasteiger partial charge in [0.1, 0.15) is 0 Å². The van der Waals surface area contributed by atoms with Gasteiger partial charge in [-0.25, -0.2) is 0 Å². The summed E-state index contributed by atoms with van der Waals surface area (Å²) in [5.74, 6) is 0. The molecule has 0 radical (unpaired) electrons. The second kappa shape index (κ2) is 5.88. The van der Waals surface area contributed by atoms with Crippen LogP contribution in [0.3, 0.4) is 0 Å². The van der Waals surface area contributed by atoms with Gasteiger partial charge >= 0.3 is 0 Å². The van der Waals surface area contributed by atoms with Crippen molar-refractivity contribution in [2.24, 2.45) is 0 Å². The lowest BCUT2D eigenvalue weighted by Gasteiger charge is -2.09. The molecule has 80 valence electrons. The number of hydrogen-bond acceptors (Lipinski definition) is 0. The Labute approximate surface area is 95.2 Å². The van der Waals surface area contributed by atoms with Crippen molar-refractivity contribution in [1.29, 1.82) is 0 Å². The summed E-state index contributed by atoms with van der Waals surface area (Å²) < 4.78 is 0. The van der Waals surface area contributed by atoms with Gasteiger partial charge in [-0.2, -0.15) is 0 Å². The molecule has 0 aliphatic rings. The summed E-state index contributed by atoms with van der Waals surface area (Å²) in [6.07, 6.45) is 6.52. The zero-order valence-electron chi connectivity index (χ0n) is 9.80. The van der Waals surface area contributed by atoms with Crippen LogP contribution in [0.5, 0.6) is 0 Å². The Balaban J connectivity index is 3.10. The van der Waals surface area contributed by atoms with Crippen LogP contribution in [0.15, 0.2) is 24.3 Å². The highest BCUT2D eigenvalue weighted by Crippen LogP contribution is 2.17. The summed E-state index contributed by atoms with van der Waals surface area (Å²) in [6, 6.07) is 6.59. The third-order valence-corrected chi connectivity index (χ3v) is 2.90. The number of benzene rings is 1. The second-order valence-electron chi connectivity index (χ2n) is 3.82. The van der Waals surface area contributed by atoms with Crippen LogP contribution < -0.4 is 0 Å². The predicted molar refractivity (Wildman–Crippen MR) is 73.2 cm³/mol. The molecule has 0 atom stereocenters. The van der Waals surface area contributed by atoms with E-state index in [2.05, 4.69) is 60.0 Å². The van der Waals surface area contributed by atoms with Crippen LogP contribution in [-0.2, 0) is 0 Å². The SMILES string of the molecule is C/C=C\c1cc(C)ccc1C(=P)CCC. The van der Waals surface area contributed by atoms with Gasteiger partial charge in [0.2, 0.25) is 0 Å². The first-order valence-corrected chi connectivity index (χ1v) is 6.00. The maximum absolute atomic E-state index is 3.73. The lowest BCUT2D eigenvalue weighted by molar-refractivity contribution is 1.00. The Morgan fingerprint density at radius 3 is 2.73 bits per heavy atom. The van der Waals surface area contributed by atoms with Crippen LogP contribution in [-0.4, -0.2) is 5.29 Å². The van der Waals surface area contributed by atoms with Crippen molar-refractivity contribution in [2.75, 3.05) is 0 Å². The second-order valence-corrected chi connectivity index (χ2v) is 4.42. The Morgan fingerprint density at radius 1 is 1.40 bits per heavy atom. The molecule has 0 saturated heterocycles. The first-order valence-electron chi connectivity index (χ1n) is 5.50. The molecule has 0 aromatic heterocycles. The van der Waals surface area contributed by atoms with E-state index in [0.29, 0.717) is 0 Å². The third-order valence-electron chi connectivity index (χ3n) is 2.38. The van der Waals surface area contributed by atoms with Crippen molar-refractivity contribution >= 4 is 20.2 Å². The van der Waals surface area contributed by atoms with E-state index in [1.165, 1.54) is 28.4 Å². The van der Waals surface area contributed by atoms with Crippen molar-refractivity contribution in [3.8, 4) is 0 Å². The maximum Gasteiger partial charge on any atom is -0.0112 e. The van der Waals surface area contributed by atoms with Gasteiger partial charge in [0.25, 0.3) is 0 Å². The highest BCUT2D eigenvalue weighted by Gasteiger charge is 2.03. The molecule has 1 rings (SSSR count). The van der Waals surface area contributed by atoms with Gasteiger partial charge in [-0.15, -0.1) is 8.86 Å². The molecule has 0 aliphatic carbocycles. The van der Waals surface area contributed by atoms with Crippen LogP contribution >= 0.6 is 8.86 Å². The molecule has 15 heavy (non-hydrogen) atoms. The predicted octanol–water partition coefficient (Wildman–Crippen LogP) is 4.49. The van der Waals surface area contributed by atoms with Crippen LogP contribution in [0.2, 0.25) is 0 Å². The van der Waals surface area contributed by atoms with Crippen LogP contribution in [0.4, 0.5) is 0 Å². The van der Waals surface area contributed by atoms with Gasteiger partial charge in [-0.3, -0.25) is 0 Å². The van der Waals surface area contributed by atoms with E-state index in [-0.39, 0.29) is 0 Å². The fraction of sp³-hybridized carbons (Fsp3) is 0.357. The lowest BCUT2D eigenvalue weighted by Crippen LogP contribution is -1.99. The van der Waals surface area contributed by atoms with Crippen molar-refractivity contribution in [2.45, 2.75) is 33.6 Å². The number of hydrogen-bond donors (Lipinski definition) is 0. The van der Waals surface area contributed by atoms with E-state index >= 15 is 0 Å². The quantitative estimate of drug-likeness (QED) is 0.653. The summed E-state index contributed by atoms with van der Waals surface area (Å²) in [5, 5.41) is 1.30. The summed E-state index contributed by atoms with van der Waals surface area (Å²) in [5.41, 5.74) is 3.93. The molecule has 1 aromatic rings. The van der Waals surface area contributed by atoms with Gasteiger partial charge in [0, 0.05) is 0 Å². The van der Waals surface area contributed by atoms with Gasteiger partial charge in [0.05, 0.1) is 0 Å². The standard InChI is InChI=1S/C14H19P/c1-4-6-12-10-11(3)8-9-13(12)14(15)7-5-2/h4,6,8-10,15H,5,7H2,1-3H3/b6-4-. The fourth-order valence-electron chi connectivity index (χ4n) is 1.66. The largest absolute Gasteiger partial charge is 0.118 e. The zero-order chi connectivity index (χ0) is 11.3. The minimum absolute atomic E-state index is 1.10. The highest BCUT2D eigenvalue weighted by molar-refractivity contribution is 7.22. The molecule has 1 aromatic carbocycles. The van der Waals surface area contributed by atoms with Gasteiger partial charge < -0.3 is 0 Å². The van der Waals surface area contributed by atoms with E-state index in [0.717, 1.165) is 6.42 Å². The third kappa shape index (κ3) is 3.32. The van der Waals surface area contributed by atoms with Crippen LogP contribution in [0.1, 0.15) is 43.4 Å². The van der Waals surface area contributed by atoms with Crippen molar-refractivity contribution in [3.05, 3.63) is 41.0 Å². The van der Waals surface area contributed by atoms with Crippen LogP contribution in [0.25, 0.3) is 6.08 Å². The van der Waals surface area contributed by atoms with Gasteiger partial charge in [-0.05, 0) is 36.7 Å². The monoisotopic (exact) mass is 218 g/mol. The zero-order valence-corrected chi connectivity index (χ0v) is 10.8. The molecule has 0 spiro atoms. The van der Waals surface area contributed by atoms with Crippen molar-refractivity contribution in [1.82, 2.24) is 0 Å². The van der Waals surface area contributed by atoms with Crippen LogP contribution in [0, 0.1) is 6.92 Å². The summed E-state index contributed by atoms with van der Waals surface area (Å²) in [4.78, 5) is 0. The topological polar surface area (TPSA) is 0 Å². The summed E-state index contributed by atoms with van der Waals surface area (Å²) in [7, 11) is 3.73. The molecule has 1 heteroatoms. The normalized spacial score (nSPS) is 10.9. The van der Waals surface area contributed by atoms with E-state index in [9.17, 15) is 0 Å². The average molecular weight is 218 g/mol. The molecule has 0 unspecified atom stereocenters. The maximum atomic E-state index is 3.73. The van der Waals surface area contributed by atoms with E-state index < -0.39 is 0 Å². The van der Waals surface area contributed by atoms with E-state index in [1.807, 2.05) is 0 Å². The minimum Gasteiger partial charge on any atom is -0.118 e. The first kappa shape index (κ1) is 12.2. The van der Waals surface area contributed by atoms with E-state index in [1.54, 1.807) is 0 Å². The molecule has 0 nitrogen and oxygen atoms in total. The van der Waals surface area contributed by atoms with Gasteiger partial charge in [0.15, 0.2) is 0 Å². The lowest BCUT2D eigenvalue weighted by atomic mass is 9.99. The number of allylic oxidation sites excluding steroid dienone is 1. The molecule has 0 amide bonds. The fourth-order valence-corrected chi connectivity index (χ4v) is 2.14. The number of aryl methyl sites for hydroxylation is 1. The molecule has 0 N–H and O–H groups in total. The molecule has 0 heterocycles. The Kier molecular flexibility index (Phi) is 4.78. The summed E-state index contributed by atoms with van der Waals surface area (Å²) >= 11 is 0. The molecule has 0 bridgehead atoms. The average Bonchev–Trinajstić information content (AvgIpc) is 2.18. The molecular formula is C14H19P. The Hall–Kier alpha value is -0.870. The number of rotatable bonds is 4. The molecular weight excluding hydrogens is 199 g/mol.